The highest BCUT2D eigenvalue weighted by molar-refractivity contribution is 7.08. The maximum Gasteiger partial charge on any atom is 0.252 e. The largest absolute Gasteiger partial charge is 0.391 e. The standard InChI is InChI=1S/C17H20N2O3S/c20-15(10-13-4-2-1-3-5-13)11-19-16(21)6-8-18-17(22)14-7-9-23-12-14/h1-5,7,9,12,15,20H,6,8,10-11H2,(H,18,22)(H,19,21). The van der Waals surface area contributed by atoms with E-state index in [0.29, 0.717) is 12.0 Å². The van der Waals surface area contributed by atoms with Crippen LogP contribution in [0.1, 0.15) is 22.3 Å². The van der Waals surface area contributed by atoms with Crippen molar-refractivity contribution in [2.75, 3.05) is 13.1 Å². The maximum atomic E-state index is 11.7. The molecule has 3 N–H and O–H groups in total. The molecule has 1 heterocycles. The van der Waals surface area contributed by atoms with Gasteiger partial charge in [-0.05, 0) is 17.0 Å². The van der Waals surface area contributed by atoms with Gasteiger partial charge in [-0.25, -0.2) is 0 Å². The fourth-order valence-corrected chi connectivity index (χ4v) is 2.70. The van der Waals surface area contributed by atoms with Crippen LogP contribution in [0, 0.1) is 0 Å². The normalized spacial score (nSPS) is 11.7. The molecule has 0 saturated carbocycles. The highest BCUT2D eigenvalue weighted by atomic mass is 32.1. The van der Waals surface area contributed by atoms with E-state index in [-0.39, 0.29) is 31.3 Å². The van der Waals surface area contributed by atoms with Gasteiger partial charge in [0.05, 0.1) is 6.10 Å². The second kappa shape index (κ2) is 9.07. The minimum atomic E-state index is -0.623. The van der Waals surface area contributed by atoms with E-state index in [4.69, 9.17) is 0 Å². The molecule has 2 amide bonds. The number of benzene rings is 1. The average molecular weight is 332 g/mol. The van der Waals surface area contributed by atoms with Crippen LogP contribution in [0.4, 0.5) is 0 Å². The first kappa shape index (κ1) is 17.2. The fraction of sp³-hybridized carbons (Fsp3) is 0.294. The van der Waals surface area contributed by atoms with Gasteiger partial charge in [-0.15, -0.1) is 0 Å². The molecule has 1 atom stereocenters. The summed E-state index contributed by atoms with van der Waals surface area (Å²) in [5.41, 5.74) is 1.63. The zero-order valence-electron chi connectivity index (χ0n) is 12.7. The zero-order chi connectivity index (χ0) is 16.5. The van der Waals surface area contributed by atoms with Gasteiger partial charge in [-0.3, -0.25) is 9.59 Å². The van der Waals surface area contributed by atoms with E-state index >= 15 is 0 Å². The Hall–Kier alpha value is -2.18. The highest BCUT2D eigenvalue weighted by Crippen LogP contribution is 2.05. The molecule has 0 spiro atoms. The number of hydrogen-bond donors (Lipinski definition) is 3. The van der Waals surface area contributed by atoms with Crippen molar-refractivity contribution in [2.45, 2.75) is 18.9 Å². The minimum absolute atomic E-state index is 0.178. The predicted molar refractivity (Wildman–Crippen MR) is 90.4 cm³/mol. The lowest BCUT2D eigenvalue weighted by atomic mass is 10.1. The molecule has 1 unspecified atom stereocenters. The molecule has 2 rings (SSSR count). The number of nitrogens with one attached hydrogen (secondary N) is 2. The van der Waals surface area contributed by atoms with Gasteiger partial charge in [0.25, 0.3) is 5.91 Å². The first-order valence-corrected chi connectivity index (χ1v) is 8.38. The molecular formula is C17H20N2O3S. The second-order valence-electron chi connectivity index (χ2n) is 5.17. The van der Waals surface area contributed by atoms with E-state index in [0.717, 1.165) is 5.56 Å². The Kier molecular flexibility index (Phi) is 6.77. The van der Waals surface area contributed by atoms with Crippen molar-refractivity contribution in [1.82, 2.24) is 10.6 Å². The number of carbonyl (C=O) groups excluding carboxylic acids is 2. The molecular weight excluding hydrogens is 312 g/mol. The lowest BCUT2D eigenvalue weighted by Gasteiger charge is -2.12. The van der Waals surface area contributed by atoms with E-state index in [2.05, 4.69) is 10.6 Å². The van der Waals surface area contributed by atoms with E-state index in [1.807, 2.05) is 35.7 Å². The van der Waals surface area contributed by atoms with Crippen LogP contribution < -0.4 is 10.6 Å². The van der Waals surface area contributed by atoms with Gasteiger partial charge in [0.2, 0.25) is 5.91 Å². The zero-order valence-corrected chi connectivity index (χ0v) is 13.5. The summed E-state index contributed by atoms with van der Waals surface area (Å²) >= 11 is 1.45. The third-order valence-corrected chi connectivity index (χ3v) is 3.95. The second-order valence-corrected chi connectivity index (χ2v) is 5.95. The number of thiophene rings is 1. The van der Waals surface area contributed by atoms with Crippen molar-refractivity contribution >= 4 is 23.2 Å². The van der Waals surface area contributed by atoms with E-state index in [9.17, 15) is 14.7 Å². The van der Waals surface area contributed by atoms with Gasteiger partial charge >= 0.3 is 0 Å². The van der Waals surface area contributed by atoms with E-state index < -0.39 is 6.10 Å². The molecule has 0 radical (unpaired) electrons. The predicted octanol–water partition coefficient (Wildman–Crippen LogP) is 1.59. The smallest absolute Gasteiger partial charge is 0.252 e. The molecule has 0 aliphatic carbocycles. The molecule has 6 heteroatoms. The number of rotatable bonds is 8. The Morgan fingerprint density at radius 3 is 2.61 bits per heavy atom. The first-order valence-electron chi connectivity index (χ1n) is 7.44. The lowest BCUT2D eigenvalue weighted by Crippen LogP contribution is -2.35. The lowest BCUT2D eigenvalue weighted by molar-refractivity contribution is -0.121. The van der Waals surface area contributed by atoms with Crippen molar-refractivity contribution in [2.24, 2.45) is 0 Å². The molecule has 0 aliphatic rings. The number of amides is 2. The summed E-state index contributed by atoms with van der Waals surface area (Å²) in [6, 6.07) is 11.4. The van der Waals surface area contributed by atoms with Gasteiger partial charge in [0.15, 0.2) is 0 Å². The van der Waals surface area contributed by atoms with Crippen LogP contribution in [0.5, 0.6) is 0 Å². The number of aliphatic hydroxyl groups excluding tert-OH is 1. The minimum Gasteiger partial charge on any atom is -0.391 e. The van der Waals surface area contributed by atoms with Crippen molar-refractivity contribution < 1.29 is 14.7 Å². The number of carbonyl (C=O) groups is 2. The summed E-state index contributed by atoms with van der Waals surface area (Å²) < 4.78 is 0. The molecule has 0 saturated heterocycles. The van der Waals surface area contributed by atoms with Gasteiger partial charge in [0, 0.05) is 36.9 Å². The summed E-state index contributed by atoms with van der Waals surface area (Å²) in [6.45, 7) is 0.474. The van der Waals surface area contributed by atoms with Gasteiger partial charge in [-0.1, -0.05) is 30.3 Å². The van der Waals surface area contributed by atoms with Crippen LogP contribution in [0.3, 0.4) is 0 Å². The summed E-state index contributed by atoms with van der Waals surface area (Å²) in [4.78, 5) is 23.4. The fourth-order valence-electron chi connectivity index (χ4n) is 2.06. The molecule has 0 aliphatic heterocycles. The number of hydrogen-bond acceptors (Lipinski definition) is 4. The van der Waals surface area contributed by atoms with Gasteiger partial charge in [-0.2, -0.15) is 11.3 Å². The van der Waals surface area contributed by atoms with Crippen LogP contribution >= 0.6 is 11.3 Å². The highest BCUT2D eigenvalue weighted by Gasteiger charge is 2.09. The van der Waals surface area contributed by atoms with Crippen LogP contribution in [-0.4, -0.2) is 36.1 Å². The van der Waals surface area contributed by atoms with Crippen LogP contribution in [0.2, 0.25) is 0 Å². The molecule has 122 valence electrons. The molecule has 23 heavy (non-hydrogen) atoms. The topological polar surface area (TPSA) is 78.4 Å². The Morgan fingerprint density at radius 2 is 1.91 bits per heavy atom. The summed E-state index contributed by atoms with van der Waals surface area (Å²) in [6.07, 6.45) is 0.0611. The first-order chi connectivity index (χ1) is 11.1. The van der Waals surface area contributed by atoms with Gasteiger partial charge in [0.1, 0.15) is 0 Å². The van der Waals surface area contributed by atoms with Gasteiger partial charge < -0.3 is 15.7 Å². The average Bonchev–Trinajstić information content (AvgIpc) is 3.08. The van der Waals surface area contributed by atoms with E-state index in [1.165, 1.54) is 11.3 Å². The Balaban J connectivity index is 1.60. The third kappa shape index (κ3) is 6.22. The summed E-state index contributed by atoms with van der Waals surface area (Å²) in [5, 5.41) is 18.9. The monoisotopic (exact) mass is 332 g/mol. The summed E-state index contributed by atoms with van der Waals surface area (Å²) in [5.74, 6) is -0.370. The maximum absolute atomic E-state index is 11.7. The Morgan fingerprint density at radius 1 is 1.13 bits per heavy atom. The Bertz CT molecular complexity index is 614. The molecule has 1 aromatic carbocycles. The summed E-state index contributed by atoms with van der Waals surface area (Å²) in [7, 11) is 0. The van der Waals surface area contributed by atoms with Crippen molar-refractivity contribution in [3.63, 3.8) is 0 Å². The van der Waals surface area contributed by atoms with Crippen LogP contribution in [-0.2, 0) is 11.2 Å². The van der Waals surface area contributed by atoms with Crippen LogP contribution in [0.25, 0.3) is 0 Å². The molecule has 0 fully saturated rings. The van der Waals surface area contributed by atoms with Crippen molar-refractivity contribution in [1.29, 1.82) is 0 Å². The van der Waals surface area contributed by atoms with Crippen molar-refractivity contribution in [3.05, 3.63) is 58.3 Å². The third-order valence-electron chi connectivity index (χ3n) is 3.27. The van der Waals surface area contributed by atoms with Crippen molar-refractivity contribution in [3.8, 4) is 0 Å². The molecule has 2 aromatic rings. The molecule has 0 bridgehead atoms. The van der Waals surface area contributed by atoms with Crippen LogP contribution in [0.15, 0.2) is 47.2 Å². The Labute approximate surface area is 139 Å². The molecule has 5 nitrogen and oxygen atoms in total. The molecule has 1 aromatic heterocycles. The number of aliphatic hydroxyl groups is 1. The van der Waals surface area contributed by atoms with E-state index in [1.54, 1.807) is 11.4 Å². The SMILES string of the molecule is O=C(CCNC(=O)c1ccsc1)NCC(O)Cc1ccccc1. The quantitative estimate of drug-likeness (QED) is 0.687.